The molecule has 0 heterocycles. The second-order valence-corrected chi connectivity index (χ2v) is 8.14. The summed E-state index contributed by atoms with van der Waals surface area (Å²) in [5, 5.41) is 10.3. The summed E-state index contributed by atoms with van der Waals surface area (Å²) in [6.07, 6.45) is -4.52. The summed E-state index contributed by atoms with van der Waals surface area (Å²) >= 11 is 12.1. The standard InChI is InChI=1S/C24H18Cl2F3NO3/c25-18-10-11-19(20(26)13-18)22(31)30(14-16-6-8-17(9-7-16)24(27,28)29)21(23(32)33)12-15-4-2-1-3-5-15/h1-11,13,21H,12,14H2,(H,32,33)/t21-/m0/s1. The van der Waals surface area contributed by atoms with E-state index >= 15 is 0 Å². The molecule has 9 heteroatoms. The van der Waals surface area contributed by atoms with Crippen molar-refractivity contribution in [3.8, 4) is 0 Å². The lowest BCUT2D eigenvalue weighted by Crippen LogP contribution is -2.46. The minimum absolute atomic E-state index is 0.00619. The number of rotatable bonds is 7. The lowest BCUT2D eigenvalue weighted by atomic mass is 10.0. The average molecular weight is 496 g/mol. The molecule has 1 amide bonds. The summed E-state index contributed by atoms with van der Waals surface area (Å²) in [5.74, 6) is -1.94. The lowest BCUT2D eigenvalue weighted by Gasteiger charge is -2.30. The predicted octanol–water partition coefficient (Wildman–Crippen LogP) is 6.35. The van der Waals surface area contributed by atoms with Crippen molar-refractivity contribution >= 4 is 35.1 Å². The number of carbonyl (C=O) groups is 2. The summed E-state index contributed by atoms with van der Waals surface area (Å²) in [6, 6.07) is 15.8. The number of carbonyl (C=O) groups excluding carboxylic acids is 1. The fraction of sp³-hybridized carbons (Fsp3) is 0.167. The molecule has 0 aliphatic heterocycles. The van der Waals surface area contributed by atoms with Crippen molar-refractivity contribution in [2.45, 2.75) is 25.2 Å². The molecule has 0 spiro atoms. The van der Waals surface area contributed by atoms with Gasteiger partial charge in [0.15, 0.2) is 0 Å². The third-order valence-electron chi connectivity index (χ3n) is 4.99. The van der Waals surface area contributed by atoms with Gasteiger partial charge >= 0.3 is 12.1 Å². The van der Waals surface area contributed by atoms with E-state index in [4.69, 9.17) is 23.2 Å². The van der Waals surface area contributed by atoms with E-state index in [1.54, 1.807) is 30.3 Å². The molecule has 3 rings (SSSR count). The minimum atomic E-state index is -4.51. The fourth-order valence-corrected chi connectivity index (χ4v) is 3.79. The molecule has 0 fully saturated rings. The van der Waals surface area contributed by atoms with Crippen LogP contribution in [0.5, 0.6) is 0 Å². The van der Waals surface area contributed by atoms with E-state index in [0.29, 0.717) is 16.1 Å². The predicted molar refractivity (Wildman–Crippen MR) is 119 cm³/mol. The van der Waals surface area contributed by atoms with Gasteiger partial charge in [-0.3, -0.25) is 4.79 Å². The number of alkyl halides is 3. The maximum Gasteiger partial charge on any atom is 0.416 e. The van der Waals surface area contributed by atoms with Crippen LogP contribution in [0.15, 0.2) is 72.8 Å². The summed E-state index contributed by atoms with van der Waals surface area (Å²) < 4.78 is 38.8. The third-order valence-corrected chi connectivity index (χ3v) is 5.54. The molecule has 0 aliphatic carbocycles. The Balaban J connectivity index is 2.00. The first-order valence-electron chi connectivity index (χ1n) is 9.75. The van der Waals surface area contributed by atoms with Gasteiger partial charge in [-0.2, -0.15) is 13.2 Å². The molecule has 0 aromatic heterocycles. The lowest BCUT2D eigenvalue weighted by molar-refractivity contribution is -0.142. The monoisotopic (exact) mass is 495 g/mol. The van der Waals surface area contributed by atoms with Crippen molar-refractivity contribution in [3.05, 3.63) is 105 Å². The van der Waals surface area contributed by atoms with Gasteiger partial charge < -0.3 is 10.0 Å². The number of hydrogen-bond acceptors (Lipinski definition) is 2. The number of carboxylic acids is 1. The van der Waals surface area contributed by atoms with Crippen LogP contribution in [0.1, 0.15) is 27.0 Å². The van der Waals surface area contributed by atoms with Crippen LogP contribution in [0.2, 0.25) is 10.0 Å². The highest BCUT2D eigenvalue weighted by Crippen LogP contribution is 2.30. The summed E-state index contributed by atoms with van der Waals surface area (Å²) in [7, 11) is 0. The van der Waals surface area contributed by atoms with E-state index in [1.807, 2.05) is 0 Å². The average Bonchev–Trinajstić information content (AvgIpc) is 2.76. The Morgan fingerprint density at radius 3 is 2.09 bits per heavy atom. The van der Waals surface area contributed by atoms with Crippen molar-refractivity contribution in [1.82, 2.24) is 4.90 Å². The van der Waals surface area contributed by atoms with E-state index in [1.165, 1.54) is 30.3 Å². The molecule has 4 nitrogen and oxygen atoms in total. The highest BCUT2D eigenvalue weighted by Gasteiger charge is 2.33. The number of aliphatic carboxylic acids is 1. The SMILES string of the molecule is O=C(O)[C@H](Cc1ccccc1)N(Cc1ccc(C(F)(F)F)cc1)C(=O)c1ccc(Cl)cc1Cl. The van der Waals surface area contributed by atoms with E-state index in [2.05, 4.69) is 0 Å². The van der Waals surface area contributed by atoms with Gasteiger partial charge in [0.05, 0.1) is 16.1 Å². The molecular formula is C24H18Cl2F3NO3. The number of hydrogen-bond donors (Lipinski definition) is 1. The zero-order chi connectivity index (χ0) is 24.2. The molecule has 0 saturated heterocycles. The normalized spacial score (nSPS) is 12.3. The fourth-order valence-electron chi connectivity index (χ4n) is 3.31. The van der Waals surface area contributed by atoms with E-state index in [9.17, 15) is 27.9 Å². The minimum Gasteiger partial charge on any atom is -0.480 e. The molecule has 0 aliphatic rings. The molecule has 0 saturated carbocycles. The first-order valence-corrected chi connectivity index (χ1v) is 10.5. The van der Waals surface area contributed by atoms with Gasteiger partial charge in [-0.1, -0.05) is 65.7 Å². The Hall–Kier alpha value is -3.03. The van der Waals surface area contributed by atoms with Gasteiger partial charge in [-0.25, -0.2) is 4.79 Å². The van der Waals surface area contributed by atoms with Gasteiger partial charge in [0, 0.05) is 18.0 Å². The van der Waals surface area contributed by atoms with Crippen LogP contribution in [0.25, 0.3) is 0 Å². The zero-order valence-corrected chi connectivity index (χ0v) is 18.5. The largest absolute Gasteiger partial charge is 0.480 e. The summed E-state index contributed by atoms with van der Waals surface area (Å²) in [4.78, 5) is 26.7. The quantitative estimate of drug-likeness (QED) is 0.415. The molecule has 1 N–H and O–H groups in total. The number of nitrogens with zero attached hydrogens (tertiary/aromatic N) is 1. The van der Waals surface area contributed by atoms with Gasteiger partial charge in [-0.15, -0.1) is 0 Å². The van der Waals surface area contributed by atoms with Crippen LogP contribution in [0.4, 0.5) is 13.2 Å². The molecule has 0 unspecified atom stereocenters. The van der Waals surface area contributed by atoms with Crippen molar-refractivity contribution in [2.75, 3.05) is 0 Å². The van der Waals surface area contributed by atoms with Crippen LogP contribution >= 0.6 is 23.2 Å². The Labute approximate surface area is 198 Å². The van der Waals surface area contributed by atoms with Crippen molar-refractivity contribution < 1.29 is 27.9 Å². The highest BCUT2D eigenvalue weighted by molar-refractivity contribution is 6.36. The van der Waals surface area contributed by atoms with Gasteiger partial charge in [0.25, 0.3) is 5.91 Å². The number of benzene rings is 3. The zero-order valence-electron chi connectivity index (χ0n) is 17.0. The first kappa shape index (κ1) is 24.6. The van der Waals surface area contributed by atoms with Crippen LogP contribution < -0.4 is 0 Å². The molecule has 3 aromatic carbocycles. The van der Waals surface area contributed by atoms with Crippen LogP contribution in [0, 0.1) is 0 Å². The molecule has 0 radical (unpaired) electrons. The van der Waals surface area contributed by atoms with Crippen molar-refractivity contribution in [3.63, 3.8) is 0 Å². The van der Waals surface area contributed by atoms with E-state index in [-0.39, 0.29) is 23.6 Å². The van der Waals surface area contributed by atoms with Crippen molar-refractivity contribution in [1.29, 1.82) is 0 Å². The maximum atomic E-state index is 13.4. The van der Waals surface area contributed by atoms with Crippen LogP contribution in [-0.2, 0) is 23.9 Å². The third kappa shape index (κ3) is 6.27. The number of halogens is 5. The van der Waals surface area contributed by atoms with Gasteiger partial charge in [0.1, 0.15) is 6.04 Å². The molecule has 33 heavy (non-hydrogen) atoms. The van der Waals surface area contributed by atoms with Gasteiger partial charge in [0.2, 0.25) is 0 Å². The van der Waals surface area contributed by atoms with E-state index in [0.717, 1.165) is 17.0 Å². The Morgan fingerprint density at radius 2 is 1.55 bits per heavy atom. The Morgan fingerprint density at radius 1 is 0.909 bits per heavy atom. The second-order valence-electron chi connectivity index (χ2n) is 7.30. The molecular weight excluding hydrogens is 478 g/mol. The van der Waals surface area contributed by atoms with Crippen LogP contribution in [0.3, 0.4) is 0 Å². The molecule has 3 aromatic rings. The Kier molecular flexibility index (Phi) is 7.66. The number of carboxylic acid groups (broad SMARTS) is 1. The topological polar surface area (TPSA) is 57.6 Å². The second kappa shape index (κ2) is 10.3. The molecule has 1 atom stereocenters. The van der Waals surface area contributed by atoms with Crippen molar-refractivity contribution in [2.24, 2.45) is 0 Å². The number of amides is 1. The molecule has 172 valence electrons. The summed E-state index contributed by atoms with van der Waals surface area (Å²) in [5.41, 5.74) is 0.203. The highest BCUT2D eigenvalue weighted by atomic mass is 35.5. The Bertz CT molecular complexity index is 1140. The van der Waals surface area contributed by atoms with Crippen LogP contribution in [-0.4, -0.2) is 27.9 Å². The van der Waals surface area contributed by atoms with E-state index < -0.39 is 29.7 Å². The first-order chi connectivity index (χ1) is 15.6. The maximum absolute atomic E-state index is 13.4. The smallest absolute Gasteiger partial charge is 0.416 e. The van der Waals surface area contributed by atoms with Gasteiger partial charge in [-0.05, 0) is 41.5 Å². The summed E-state index contributed by atoms with van der Waals surface area (Å²) in [6.45, 7) is -0.236. The molecule has 0 bridgehead atoms.